The third-order valence-electron chi connectivity index (χ3n) is 3.97. The van der Waals surface area contributed by atoms with Gasteiger partial charge in [0.05, 0.1) is 15.4 Å². The van der Waals surface area contributed by atoms with Crippen LogP contribution in [-0.2, 0) is 16.6 Å². The predicted octanol–water partition coefficient (Wildman–Crippen LogP) is 3.29. The van der Waals surface area contributed by atoms with Crippen LogP contribution in [0.3, 0.4) is 0 Å². The number of non-ortho nitro benzene ring substituents is 1. The van der Waals surface area contributed by atoms with Gasteiger partial charge >= 0.3 is 5.97 Å². The number of nitro benzene ring substituents is 1. The minimum atomic E-state index is -3.72. The zero-order valence-corrected chi connectivity index (χ0v) is 15.8. The van der Waals surface area contributed by atoms with Gasteiger partial charge in [-0.3, -0.25) is 10.1 Å². The maximum absolute atomic E-state index is 12.4. The van der Waals surface area contributed by atoms with E-state index in [9.17, 15) is 23.3 Å². The summed E-state index contributed by atoms with van der Waals surface area (Å²) in [6.45, 7) is 0.153. The molecule has 1 N–H and O–H groups in total. The van der Waals surface area contributed by atoms with Crippen molar-refractivity contribution in [1.29, 1.82) is 0 Å². The van der Waals surface area contributed by atoms with Gasteiger partial charge in [0.2, 0.25) is 10.0 Å². The molecule has 8 nitrogen and oxygen atoms in total. The third kappa shape index (κ3) is 5.24. The normalized spacial score (nSPS) is 11.0. The van der Waals surface area contributed by atoms with E-state index in [0.29, 0.717) is 0 Å². The summed E-state index contributed by atoms with van der Waals surface area (Å²) in [7, 11) is -3.72. The Morgan fingerprint density at radius 1 is 0.931 bits per heavy atom. The van der Waals surface area contributed by atoms with Crippen LogP contribution in [0.25, 0.3) is 0 Å². The number of rotatable bonds is 7. The second-order valence-electron chi connectivity index (χ2n) is 5.98. The van der Waals surface area contributed by atoms with E-state index >= 15 is 0 Å². The van der Waals surface area contributed by atoms with Crippen molar-refractivity contribution in [3.63, 3.8) is 0 Å². The van der Waals surface area contributed by atoms with Gasteiger partial charge in [0.15, 0.2) is 0 Å². The maximum atomic E-state index is 12.4. The average molecular weight is 412 g/mol. The van der Waals surface area contributed by atoms with Gasteiger partial charge < -0.3 is 4.74 Å². The molecule has 3 aromatic rings. The second-order valence-corrected chi connectivity index (χ2v) is 7.74. The molecule has 0 aliphatic heterocycles. The molecular weight excluding hydrogens is 396 g/mol. The van der Waals surface area contributed by atoms with Crippen LogP contribution >= 0.6 is 0 Å². The molecule has 0 unspecified atom stereocenters. The van der Waals surface area contributed by atoms with E-state index in [2.05, 4.69) is 4.72 Å². The van der Waals surface area contributed by atoms with Crippen molar-refractivity contribution in [1.82, 2.24) is 4.72 Å². The molecule has 0 radical (unpaired) electrons. The molecule has 0 bridgehead atoms. The fourth-order valence-electron chi connectivity index (χ4n) is 2.43. The Bertz CT molecular complexity index is 1110. The summed E-state index contributed by atoms with van der Waals surface area (Å²) in [4.78, 5) is 22.2. The zero-order chi connectivity index (χ0) is 20.9. The summed E-state index contributed by atoms with van der Waals surface area (Å²) in [6.07, 6.45) is 0. The minimum Gasteiger partial charge on any atom is -0.423 e. The molecule has 0 amide bonds. The molecule has 0 aromatic heterocycles. The highest BCUT2D eigenvalue weighted by atomic mass is 32.2. The summed E-state index contributed by atoms with van der Waals surface area (Å²) in [6, 6.07) is 19.4. The van der Waals surface area contributed by atoms with Gasteiger partial charge in [-0.1, -0.05) is 30.3 Å². The van der Waals surface area contributed by atoms with Crippen LogP contribution in [-0.4, -0.2) is 19.3 Å². The van der Waals surface area contributed by atoms with Crippen molar-refractivity contribution < 1.29 is 22.9 Å². The van der Waals surface area contributed by atoms with Gasteiger partial charge in [0, 0.05) is 18.7 Å². The van der Waals surface area contributed by atoms with Crippen molar-refractivity contribution in [2.75, 3.05) is 0 Å². The molecule has 0 saturated carbocycles. The first-order chi connectivity index (χ1) is 13.8. The lowest BCUT2D eigenvalue weighted by atomic mass is 10.2. The van der Waals surface area contributed by atoms with Crippen LogP contribution in [0.2, 0.25) is 0 Å². The lowest BCUT2D eigenvalue weighted by Crippen LogP contribution is -2.23. The zero-order valence-electron chi connectivity index (χ0n) is 15.0. The summed E-state index contributed by atoms with van der Waals surface area (Å²) in [5, 5.41) is 10.6. The standard InChI is InChI=1S/C20H16N2O6S/c23-20(16-6-8-17(9-7-16)22(24)25)28-18-10-12-19(13-11-18)29(26,27)21-14-15-4-2-1-3-5-15/h1-13,21H,14H2. The second kappa shape index (κ2) is 8.63. The van der Waals surface area contributed by atoms with Crippen LogP contribution in [0, 0.1) is 10.1 Å². The summed E-state index contributed by atoms with van der Waals surface area (Å²) < 4.78 is 32.4. The largest absolute Gasteiger partial charge is 0.423 e. The lowest BCUT2D eigenvalue weighted by Gasteiger charge is -2.08. The Kier molecular flexibility index (Phi) is 6.01. The molecule has 0 saturated heterocycles. The van der Waals surface area contributed by atoms with E-state index < -0.39 is 20.9 Å². The summed E-state index contributed by atoms with van der Waals surface area (Å²) in [5.74, 6) is -0.562. The number of esters is 1. The third-order valence-corrected chi connectivity index (χ3v) is 5.38. The smallest absolute Gasteiger partial charge is 0.343 e. The topological polar surface area (TPSA) is 116 Å². The van der Waals surface area contributed by atoms with E-state index in [-0.39, 0.29) is 28.4 Å². The molecule has 3 rings (SSSR count). The number of hydrogen-bond acceptors (Lipinski definition) is 6. The van der Waals surface area contributed by atoms with Crippen LogP contribution in [0.15, 0.2) is 83.8 Å². The number of nitro groups is 1. The van der Waals surface area contributed by atoms with Gasteiger partial charge in [-0.05, 0) is 42.0 Å². The Labute approximate surface area is 167 Å². The molecule has 0 aliphatic rings. The number of nitrogens with zero attached hydrogens (tertiary/aromatic N) is 1. The van der Waals surface area contributed by atoms with Gasteiger partial charge in [0.25, 0.3) is 5.69 Å². The van der Waals surface area contributed by atoms with Gasteiger partial charge in [0.1, 0.15) is 5.75 Å². The number of ether oxygens (including phenoxy) is 1. The monoisotopic (exact) mass is 412 g/mol. The first-order valence-electron chi connectivity index (χ1n) is 8.45. The number of sulfonamides is 1. The quantitative estimate of drug-likeness (QED) is 0.276. The molecule has 0 spiro atoms. The van der Waals surface area contributed by atoms with Crippen molar-refractivity contribution in [3.8, 4) is 5.75 Å². The van der Waals surface area contributed by atoms with E-state index in [0.717, 1.165) is 5.56 Å². The van der Waals surface area contributed by atoms with Crippen molar-refractivity contribution in [2.24, 2.45) is 0 Å². The van der Waals surface area contributed by atoms with Crippen molar-refractivity contribution in [3.05, 3.63) is 100 Å². The molecule has 3 aromatic carbocycles. The first-order valence-corrected chi connectivity index (χ1v) is 9.94. The van der Waals surface area contributed by atoms with Crippen LogP contribution < -0.4 is 9.46 Å². The summed E-state index contributed by atoms with van der Waals surface area (Å²) in [5.41, 5.74) is 0.820. The van der Waals surface area contributed by atoms with E-state index in [4.69, 9.17) is 4.74 Å². The highest BCUT2D eigenvalue weighted by Crippen LogP contribution is 2.19. The molecular formula is C20H16N2O6S. The average Bonchev–Trinajstić information content (AvgIpc) is 2.73. The van der Waals surface area contributed by atoms with Crippen molar-refractivity contribution in [2.45, 2.75) is 11.4 Å². The number of nitrogens with one attached hydrogen (secondary N) is 1. The summed E-state index contributed by atoms with van der Waals surface area (Å²) >= 11 is 0. The molecule has 0 aliphatic carbocycles. The Hall–Kier alpha value is -3.56. The number of benzene rings is 3. The number of carbonyl (C=O) groups excluding carboxylic acids is 1. The predicted molar refractivity (Wildman–Crippen MR) is 105 cm³/mol. The minimum absolute atomic E-state index is 0.0311. The highest BCUT2D eigenvalue weighted by molar-refractivity contribution is 7.89. The highest BCUT2D eigenvalue weighted by Gasteiger charge is 2.15. The lowest BCUT2D eigenvalue weighted by molar-refractivity contribution is -0.384. The molecule has 29 heavy (non-hydrogen) atoms. The fraction of sp³-hybridized carbons (Fsp3) is 0.0500. The van der Waals surface area contributed by atoms with Gasteiger partial charge in [-0.15, -0.1) is 0 Å². The SMILES string of the molecule is O=C(Oc1ccc(S(=O)(=O)NCc2ccccc2)cc1)c1ccc([N+](=O)[O-])cc1. The Morgan fingerprint density at radius 2 is 1.55 bits per heavy atom. The van der Waals surface area contributed by atoms with E-state index in [1.54, 1.807) is 0 Å². The number of hydrogen-bond donors (Lipinski definition) is 1. The van der Waals surface area contributed by atoms with Gasteiger partial charge in [-0.25, -0.2) is 17.9 Å². The molecule has 0 heterocycles. The first kappa shape index (κ1) is 20.2. The number of carbonyl (C=O) groups is 1. The maximum Gasteiger partial charge on any atom is 0.343 e. The van der Waals surface area contributed by atoms with E-state index in [1.807, 2.05) is 30.3 Å². The van der Waals surface area contributed by atoms with Crippen LogP contribution in [0.1, 0.15) is 15.9 Å². The molecule has 148 valence electrons. The molecule has 0 atom stereocenters. The molecule has 9 heteroatoms. The van der Waals surface area contributed by atoms with E-state index in [1.165, 1.54) is 48.5 Å². The van der Waals surface area contributed by atoms with Crippen molar-refractivity contribution >= 4 is 21.7 Å². The Balaban J connectivity index is 1.64. The molecule has 0 fully saturated rings. The van der Waals surface area contributed by atoms with Crippen LogP contribution in [0.4, 0.5) is 5.69 Å². The fourth-order valence-corrected chi connectivity index (χ4v) is 3.45. The van der Waals surface area contributed by atoms with Gasteiger partial charge in [-0.2, -0.15) is 0 Å². The Morgan fingerprint density at radius 3 is 2.14 bits per heavy atom. The van der Waals surface area contributed by atoms with Crippen LogP contribution in [0.5, 0.6) is 5.75 Å².